The van der Waals surface area contributed by atoms with Gasteiger partial charge in [0, 0.05) is 6.42 Å². The summed E-state index contributed by atoms with van der Waals surface area (Å²) in [6.45, 7) is 0. The number of phenols is 1. The van der Waals surface area contributed by atoms with Crippen LogP contribution in [0.3, 0.4) is 0 Å². The van der Waals surface area contributed by atoms with Crippen LogP contribution in [-0.4, -0.2) is 29.1 Å². The lowest BCUT2D eigenvalue weighted by atomic mass is 10.1. The second kappa shape index (κ2) is 4.99. The fraction of sp³-hybridized carbons (Fsp3) is 0.200. The van der Waals surface area contributed by atoms with Crippen molar-refractivity contribution >= 4 is 11.7 Å². The van der Waals surface area contributed by atoms with E-state index in [1.54, 1.807) is 12.1 Å². The Labute approximate surface area is 86.6 Å². The van der Waals surface area contributed by atoms with E-state index in [0.29, 0.717) is 0 Å². The summed E-state index contributed by atoms with van der Waals surface area (Å²) in [6.07, 6.45) is 0.156. The summed E-state index contributed by atoms with van der Waals surface area (Å²) in [6, 6.07) is 6.23. The summed E-state index contributed by atoms with van der Waals surface area (Å²) in [5, 5.41) is 20.5. The van der Waals surface area contributed by atoms with E-state index in [1.807, 2.05) is 0 Å². The number of ether oxygens (including phenoxy) is 1. The molecular formula is C10H11NO4. The number of phenolic OH excluding ortho intramolecular Hbond substituents is 1. The van der Waals surface area contributed by atoms with Gasteiger partial charge in [0.05, 0.1) is 7.11 Å². The minimum absolute atomic E-state index is 0.0804. The number of benzene rings is 1. The third-order valence-electron chi connectivity index (χ3n) is 1.85. The maximum atomic E-state index is 11.1. The van der Waals surface area contributed by atoms with Crippen molar-refractivity contribution < 1.29 is 19.8 Å². The third-order valence-corrected chi connectivity index (χ3v) is 1.85. The van der Waals surface area contributed by atoms with Gasteiger partial charge in [-0.3, -0.25) is 0 Å². The molecule has 0 heterocycles. The molecular weight excluding hydrogens is 198 g/mol. The van der Waals surface area contributed by atoms with E-state index in [4.69, 9.17) is 10.3 Å². The van der Waals surface area contributed by atoms with E-state index in [-0.39, 0.29) is 17.9 Å². The largest absolute Gasteiger partial charge is 0.508 e. The number of esters is 1. The van der Waals surface area contributed by atoms with Crippen LogP contribution in [0.4, 0.5) is 0 Å². The van der Waals surface area contributed by atoms with Crippen molar-refractivity contribution in [2.75, 3.05) is 7.11 Å². The van der Waals surface area contributed by atoms with E-state index in [1.165, 1.54) is 19.2 Å². The minimum Gasteiger partial charge on any atom is -0.508 e. The summed E-state index contributed by atoms with van der Waals surface area (Å²) in [7, 11) is 1.21. The highest BCUT2D eigenvalue weighted by molar-refractivity contribution is 6.36. The van der Waals surface area contributed by atoms with Crippen LogP contribution in [-0.2, 0) is 16.0 Å². The highest BCUT2D eigenvalue weighted by atomic mass is 16.5. The van der Waals surface area contributed by atoms with Crippen LogP contribution in [0.15, 0.2) is 29.4 Å². The van der Waals surface area contributed by atoms with Gasteiger partial charge in [-0.25, -0.2) is 4.79 Å². The number of methoxy groups -OCH3 is 1. The van der Waals surface area contributed by atoms with E-state index in [0.717, 1.165) is 5.56 Å². The molecule has 5 nitrogen and oxygen atoms in total. The lowest BCUT2D eigenvalue weighted by Gasteiger charge is -2.02. The smallest absolute Gasteiger partial charge is 0.356 e. The van der Waals surface area contributed by atoms with Crippen molar-refractivity contribution in [3.8, 4) is 5.75 Å². The fourth-order valence-corrected chi connectivity index (χ4v) is 1.07. The number of aromatic hydroxyl groups is 1. The molecule has 5 heteroatoms. The van der Waals surface area contributed by atoms with Crippen LogP contribution in [0, 0.1) is 0 Å². The van der Waals surface area contributed by atoms with Gasteiger partial charge in [-0.1, -0.05) is 17.3 Å². The van der Waals surface area contributed by atoms with Crippen molar-refractivity contribution in [1.29, 1.82) is 0 Å². The van der Waals surface area contributed by atoms with Crippen LogP contribution in [0.25, 0.3) is 0 Å². The van der Waals surface area contributed by atoms with Gasteiger partial charge in [-0.2, -0.15) is 0 Å². The second-order valence-corrected chi connectivity index (χ2v) is 2.88. The molecule has 1 rings (SSSR count). The normalized spacial score (nSPS) is 11.1. The number of hydrogen-bond donors (Lipinski definition) is 2. The van der Waals surface area contributed by atoms with Crippen LogP contribution in [0.2, 0.25) is 0 Å². The molecule has 0 aliphatic heterocycles. The summed E-state index contributed by atoms with van der Waals surface area (Å²) in [4.78, 5) is 11.1. The molecule has 0 atom stereocenters. The molecule has 0 bridgehead atoms. The monoisotopic (exact) mass is 209 g/mol. The average molecular weight is 209 g/mol. The van der Waals surface area contributed by atoms with E-state index in [9.17, 15) is 4.79 Å². The molecule has 1 aromatic rings. The first-order valence-electron chi connectivity index (χ1n) is 4.24. The quantitative estimate of drug-likeness (QED) is 0.336. The molecule has 0 fully saturated rings. The van der Waals surface area contributed by atoms with Gasteiger partial charge in [-0.05, 0) is 17.7 Å². The number of nitrogens with zero attached hydrogens (tertiary/aromatic N) is 1. The van der Waals surface area contributed by atoms with Crippen LogP contribution < -0.4 is 0 Å². The van der Waals surface area contributed by atoms with Gasteiger partial charge >= 0.3 is 5.97 Å². The van der Waals surface area contributed by atoms with Crippen molar-refractivity contribution in [3.63, 3.8) is 0 Å². The highest BCUT2D eigenvalue weighted by Crippen LogP contribution is 2.10. The van der Waals surface area contributed by atoms with E-state index < -0.39 is 5.97 Å². The maximum absolute atomic E-state index is 11.1. The molecule has 0 aromatic heterocycles. The molecule has 80 valence electrons. The van der Waals surface area contributed by atoms with Crippen molar-refractivity contribution in [2.45, 2.75) is 6.42 Å². The van der Waals surface area contributed by atoms with Crippen LogP contribution >= 0.6 is 0 Å². The molecule has 0 unspecified atom stereocenters. The first-order chi connectivity index (χ1) is 7.17. The third kappa shape index (κ3) is 2.98. The zero-order valence-corrected chi connectivity index (χ0v) is 8.17. The minimum atomic E-state index is -0.675. The molecule has 15 heavy (non-hydrogen) atoms. The zero-order chi connectivity index (χ0) is 11.3. The Morgan fingerprint density at radius 1 is 1.40 bits per heavy atom. The SMILES string of the molecule is COC(=O)/C(Cc1ccc(O)cc1)=N\O. The van der Waals surface area contributed by atoms with Crippen LogP contribution in [0.1, 0.15) is 5.56 Å². The van der Waals surface area contributed by atoms with Gasteiger partial charge in [0.2, 0.25) is 0 Å². The van der Waals surface area contributed by atoms with Crippen molar-refractivity contribution in [2.24, 2.45) is 5.16 Å². The molecule has 2 N–H and O–H groups in total. The Morgan fingerprint density at radius 3 is 2.47 bits per heavy atom. The summed E-state index contributed by atoms with van der Waals surface area (Å²) in [5.41, 5.74) is 0.661. The first kappa shape index (κ1) is 11.0. The number of oxime groups is 1. The predicted molar refractivity (Wildman–Crippen MR) is 53.0 cm³/mol. The summed E-state index contributed by atoms with van der Waals surface area (Å²) >= 11 is 0. The first-order valence-corrected chi connectivity index (χ1v) is 4.24. The number of carbonyl (C=O) groups is 1. The molecule has 1 aromatic carbocycles. The van der Waals surface area contributed by atoms with Gasteiger partial charge in [-0.15, -0.1) is 0 Å². The summed E-state index contributed by atoms with van der Waals surface area (Å²) in [5.74, 6) is -0.537. The topological polar surface area (TPSA) is 79.1 Å². The molecule has 0 saturated heterocycles. The predicted octanol–water partition coefficient (Wildman–Crippen LogP) is 0.938. The van der Waals surface area contributed by atoms with E-state index in [2.05, 4.69) is 9.89 Å². The number of hydrogen-bond acceptors (Lipinski definition) is 5. The van der Waals surface area contributed by atoms with Crippen molar-refractivity contribution in [3.05, 3.63) is 29.8 Å². The molecule has 0 amide bonds. The molecule has 0 aliphatic rings. The van der Waals surface area contributed by atoms with Gasteiger partial charge in [0.15, 0.2) is 5.71 Å². The molecule has 0 radical (unpaired) electrons. The number of carbonyl (C=O) groups excluding carboxylic acids is 1. The maximum Gasteiger partial charge on any atom is 0.356 e. The molecule has 0 aliphatic carbocycles. The Bertz CT molecular complexity index is 370. The lowest BCUT2D eigenvalue weighted by molar-refractivity contribution is -0.132. The second-order valence-electron chi connectivity index (χ2n) is 2.88. The van der Waals surface area contributed by atoms with Gasteiger partial charge < -0.3 is 15.1 Å². The highest BCUT2D eigenvalue weighted by Gasteiger charge is 2.12. The van der Waals surface area contributed by atoms with Crippen molar-refractivity contribution in [1.82, 2.24) is 0 Å². The lowest BCUT2D eigenvalue weighted by Crippen LogP contribution is -2.18. The van der Waals surface area contributed by atoms with Crippen LogP contribution in [0.5, 0.6) is 5.75 Å². The fourth-order valence-electron chi connectivity index (χ4n) is 1.07. The van der Waals surface area contributed by atoms with Gasteiger partial charge in [0.1, 0.15) is 5.75 Å². The average Bonchev–Trinajstić information content (AvgIpc) is 2.27. The Hall–Kier alpha value is -2.04. The standard InChI is InChI=1S/C10H11NO4/c1-15-10(13)9(11-14)6-7-2-4-8(12)5-3-7/h2-5,12,14H,6H2,1H3/b11-9-. The zero-order valence-electron chi connectivity index (χ0n) is 8.17. The van der Waals surface area contributed by atoms with Gasteiger partial charge in [0.25, 0.3) is 0 Å². The summed E-state index contributed by atoms with van der Waals surface area (Å²) < 4.78 is 4.42. The molecule has 0 saturated carbocycles. The Morgan fingerprint density at radius 2 is 2.00 bits per heavy atom. The Balaban J connectivity index is 2.76. The van der Waals surface area contributed by atoms with E-state index >= 15 is 0 Å². The Kier molecular flexibility index (Phi) is 3.68. The molecule has 0 spiro atoms. The number of rotatable bonds is 3.